The highest BCUT2D eigenvalue weighted by Crippen LogP contribution is 2.32. The minimum atomic E-state index is 0. The van der Waals surface area contributed by atoms with E-state index in [1.54, 1.807) is 0 Å². The summed E-state index contributed by atoms with van der Waals surface area (Å²) in [6.07, 6.45) is 4.98. The maximum atomic E-state index is 6.34. The summed E-state index contributed by atoms with van der Waals surface area (Å²) in [6, 6.07) is 11.2. The summed E-state index contributed by atoms with van der Waals surface area (Å²) in [5, 5.41) is 1.25. The van der Waals surface area contributed by atoms with E-state index in [1.807, 2.05) is 0 Å². The number of piperidine rings is 2. The predicted octanol–water partition coefficient (Wildman–Crippen LogP) is 4.21. The molecule has 0 bridgehead atoms. The van der Waals surface area contributed by atoms with Gasteiger partial charge in [-0.2, -0.15) is 0 Å². The second kappa shape index (κ2) is 8.34. The summed E-state index contributed by atoms with van der Waals surface area (Å²) in [5.41, 5.74) is 9.00. The van der Waals surface area contributed by atoms with Crippen molar-refractivity contribution in [2.24, 2.45) is 11.1 Å². The van der Waals surface area contributed by atoms with Gasteiger partial charge in [0.05, 0.1) is 5.52 Å². The van der Waals surface area contributed by atoms with E-state index in [-0.39, 0.29) is 17.8 Å². The van der Waals surface area contributed by atoms with Crippen LogP contribution in [0.15, 0.2) is 30.3 Å². The Hall–Kier alpha value is -1.36. The van der Waals surface area contributed by atoms with Gasteiger partial charge in [0.2, 0.25) is 0 Å². The van der Waals surface area contributed by atoms with E-state index >= 15 is 0 Å². The first-order valence-electron chi connectivity index (χ1n) is 10.1. The van der Waals surface area contributed by atoms with E-state index in [2.05, 4.69) is 54.0 Å². The molecule has 0 spiro atoms. The Labute approximate surface area is 169 Å². The number of likely N-dealkylation sites (tertiary alicyclic amines) is 1. The minimum Gasteiger partial charge on any atom is -0.356 e. The first-order chi connectivity index (χ1) is 12.5. The minimum absolute atomic E-state index is 0. The van der Waals surface area contributed by atoms with Gasteiger partial charge in [-0.3, -0.25) is 4.90 Å². The maximum Gasteiger partial charge on any atom is 0.133 e. The lowest BCUT2D eigenvalue weighted by Crippen LogP contribution is -2.52. The van der Waals surface area contributed by atoms with Gasteiger partial charge in [-0.05, 0) is 43.2 Å². The van der Waals surface area contributed by atoms with E-state index in [1.165, 1.54) is 36.0 Å². The number of rotatable bonds is 3. The number of anilines is 1. The van der Waals surface area contributed by atoms with Crippen LogP contribution < -0.4 is 10.6 Å². The average Bonchev–Trinajstić information content (AvgIpc) is 2.65. The Bertz CT molecular complexity index is 770. The molecular formula is C22H33ClN4. The molecule has 1 unspecified atom stereocenters. The molecule has 2 aliphatic rings. The fourth-order valence-electron chi connectivity index (χ4n) is 4.51. The number of benzene rings is 1. The second-order valence-electron chi connectivity index (χ2n) is 8.81. The average molecular weight is 389 g/mol. The summed E-state index contributed by atoms with van der Waals surface area (Å²) in [4.78, 5) is 10.2. The highest BCUT2D eigenvalue weighted by Gasteiger charge is 2.33. The van der Waals surface area contributed by atoms with Crippen LogP contribution in [0.5, 0.6) is 0 Å². The van der Waals surface area contributed by atoms with Crippen LogP contribution in [-0.4, -0.2) is 42.1 Å². The SMILES string of the molecule is CC1(C)CN(Cc2cc3ccccc3nc2N2CCCCC2)CCC1N.Cl. The largest absolute Gasteiger partial charge is 0.356 e. The Morgan fingerprint density at radius 1 is 1.11 bits per heavy atom. The molecule has 4 rings (SSSR count). The molecule has 2 saturated heterocycles. The first kappa shape index (κ1) is 20.4. The van der Waals surface area contributed by atoms with Crippen LogP contribution in [0, 0.1) is 5.41 Å². The molecule has 148 valence electrons. The van der Waals surface area contributed by atoms with E-state index in [0.29, 0.717) is 6.04 Å². The van der Waals surface area contributed by atoms with Gasteiger partial charge in [0.15, 0.2) is 0 Å². The van der Waals surface area contributed by atoms with Crippen molar-refractivity contribution in [3.05, 3.63) is 35.9 Å². The van der Waals surface area contributed by atoms with E-state index < -0.39 is 0 Å². The fourth-order valence-corrected chi connectivity index (χ4v) is 4.51. The summed E-state index contributed by atoms with van der Waals surface area (Å²) in [7, 11) is 0. The quantitative estimate of drug-likeness (QED) is 0.855. The molecule has 1 aromatic heterocycles. The third kappa shape index (κ3) is 4.39. The summed E-state index contributed by atoms with van der Waals surface area (Å²) < 4.78 is 0. The zero-order chi connectivity index (χ0) is 18.1. The predicted molar refractivity (Wildman–Crippen MR) is 117 cm³/mol. The summed E-state index contributed by atoms with van der Waals surface area (Å²) in [5.74, 6) is 1.20. The number of halogens is 1. The number of pyridine rings is 1. The molecule has 2 N–H and O–H groups in total. The molecule has 2 fully saturated rings. The number of hydrogen-bond donors (Lipinski definition) is 1. The zero-order valence-electron chi connectivity index (χ0n) is 16.7. The van der Waals surface area contributed by atoms with Crippen LogP contribution in [0.2, 0.25) is 0 Å². The van der Waals surface area contributed by atoms with Gasteiger partial charge in [-0.15, -0.1) is 12.4 Å². The number of para-hydroxylation sites is 1. The Morgan fingerprint density at radius 2 is 1.85 bits per heavy atom. The van der Waals surface area contributed by atoms with Crippen LogP contribution in [0.3, 0.4) is 0 Å². The van der Waals surface area contributed by atoms with Gasteiger partial charge in [0, 0.05) is 49.7 Å². The number of nitrogens with zero attached hydrogens (tertiary/aromatic N) is 3. The normalized spacial score (nSPS) is 23.2. The van der Waals surface area contributed by atoms with Crippen molar-refractivity contribution >= 4 is 29.1 Å². The first-order valence-corrected chi connectivity index (χ1v) is 10.1. The third-order valence-corrected chi connectivity index (χ3v) is 6.22. The van der Waals surface area contributed by atoms with Crippen molar-refractivity contribution in [3.63, 3.8) is 0 Å². The van der Waals surface area contributed by atoms with Crippen molar-refractivity contribution in [3.8, 4) is 0 Å². The molecule has 3 heterocycles. The van der Waals surface area contributed by atoms with Crippen molar-refractivity contribution in [2.75, 3.05) is 31.1 Å². The molecule has 0 aliphatic carbocycles. The Balaban J connectivity index is 0.00000210. The van der Waals surface area contributed by atoms with E-state index in [9.17, 15) is 0 Å². The van der Waals surface area contributed by atoms with Crippen LogP contribution >= 0.6 is 12.4 Å². The van der Waals surface area contributed by atoms with Gasteiger partial charge in [-0.25, -0.2) is 4.98 Å². The van der Waals surface area contributed by atoms with Crippen LogP contribution in [0.4, 0.5) is 5.82 Å². The van der Waals surface area contributed by atoms with E-state index in [0.717, 1.165) is 44.7 Å². The smallest absolute Gasteiger partial charge is 0.133 e. The summed E-state index contributed by atoms with van der Waals surface area (Å²) in [6.45, 7) is 9.97. The molecule has 27 heavy (non-hydrogen) atoms. The third-order valence-electron chi connectivity index (χ3n) is 6.22. The summed E-state index contributed by atoms with van der Waals surface area (Å²) >= 11 is 0. The molecule has 4 nitrogen and oxygen atoms in total. The molecule has 5 heteroatoms. The molecule has 0 amide bonds. The van der Waals surface area contributed by atoms with Crippen molar-refractivity contribution in [1.29, 1.82) is 0 Å². The molecule has 0 saturated carbocycles. The van der Waals surface area contributed by atoms with E-state index in [4.69, 9.17) is 10.7 Å². The molecule has 2 aliphatic heterocycles. The Morgan fingerprint density at radius 3 is 2.59 bits per heavy atom. The van der Waals surface area contributed by atoms with Crippen molar-refractivity contribution < 1.29 is 0 Å². The molecule has 1 atom stereocenters. The van der Waals surface area contributed by atoms with Crippen LogP contribution in [0.1, 0.15) is 45.1 Å². The standard InChI is InChI=1S/C22H32N4.ClH/c1-22(2)16-25(13-10-20(22)23)15-18-14-17-8-4-5-9-19(17)24-21(18)26-11-6-3-7-12-26;/h4-5,8-9,14,20H,3,6-7,10-13,15-16,23H2,1-2H3;1H. The molecule has 1 aromatic carbocycles. The molecule has 2 aromatic rings. The number of aromatic nitrogens is 1. The monoisotopic (exact) mass is 388 g/mol. The lowest BCUT2D eigenvalue weighted by atomic mass is 9.79. The highest BCUT2D eigenvalue weighted by atomic mass is 35.5. The van der Waals surface area contributed by atoms with Gasteiger partial charge in [0.1, 0.15) is 5.82 Å². The molecule has 0 radical (unpaired) electrons. The van der Waals surface area contributed by atoms with Crippen LogP contribution in [-0.2, 0) is 6.54 Å². The fraction of sp³-hybridized carbons (Fsp3) is 0.591. The van der Waals surface area contributed by atoms with Crippen molar-refractivity contribution in [2.45, 2.75) is 52.1 Å². The van der Waals surface area contributed by atoms with Crippen molar-refractivity contribution in [1.82, 2.24) is 9.88 Å². The lowest BCUT2D eigenvalue weighted by molar-refractivity contribution is 0.0899. The second-order valence-corrected chi connectivity index (χ2v) is 8.81. The van der Waals surface area contributed by atoms with Gasteiger partial charge in [0.25, 0.3) is 0 Å². The van der Waals surface area contributed by atoms with Gasteiger partial charge >= 0.3 is 0 Å². The van der Waals surface area contributed by atoms with Gasteiger partial charge < -0.3 is 10.6 Å². The lowest BCUT2D eigenvalue weighted by Gasteiger charge is -2.43. The van der Waals surface area contributed by atoms with Crippen LogP contribution in [0.25, 0.3) is 10.9 Å². The number of hydrogen-bond acceptors (Lipinski definition) is 4. The zero-order valence-corrected chi connectivity index (χ0v) is 17.5. The number of nitrogens with two attached hydrogens (primary N) is 1. The maximum absolute atomic E-state index is 6.34. The Kier molecular flexibility index (Phi) is 6.29. The topological polar surface area (TPSA) is 45.4 Å². The highest BCUT2D eigenvalue weighted by molar-refractivity contribution is 5.85. The number of fused-ring (bicyclic) bond motifs is 1. The molecular weight excluding hydrogens is 356 g/mol. The van der Waals surface area contributed by atoms with Gasteiger partial charge in [-0.1, -0.05) is 32.0 Å².